The first-order valence-corrected chi connectivity index (χ1v) is 8.31. The predicted octanol–water partition coefficient (Wildman–Crippen LogP) is 2.85. The van der Waals surface area contributed by atoms with Gasteiger partial charge in [0.05, 0.1) is 18.4 Å². The van der Waals surface area contributed by atoms with Crippen LogP contribution in [0.4, 0.5) is 11.4 Å². The van der Waals surface area contributed by atoms with Crippen molar-refractivity contribution in [2.24, 2.45) is 5.41 Å². The van der Waals surface area contributed by atoms with Gasteiger partial charge in [0.25, 0.3) is 0 Å². The molecular weight excluding hydrogens is 332 g/mol. The third kappa shape index (κ3) is 3.18. The summed E-state index contributed by atoms with van der Waals surface area (Å²) in [5.74, 6) is -1.20. The minimum Gasteiger partial charge on any atom is -0.465 e. The molecule has 2 aromatic carbocycles. The van der Waals surface area contributed by atoms with E-state index in [1.165, 1.54) is 12.0 Å². The van der Waals surface area contributed by atoms with Gasteiger partial charge in [-0.3, -0.25) is 9.59 Å². The standard InChI is InChI=1S/C20H20N2O4/c1-22(14-8-4-3-5-9-14)19(25)20(12-13-20)18(24)21-16-11-7-6-10-15(16)17(23)26-2/h3-11H,12-13H2,1-2H3,(H,21,24). The van der Waals surface area contributed by atoms with Gasteiger partial charge in [-0.2, -0.15) is 0 Å². The van der Waals surface area contributed by atoms with E-state index in [-0.39, 0.29) is 11.5 Å². The number of amides is 2. The lowest BCUT2D eigenvalue weighted by Gasteiger charge is -2.23. The highest BCUT2D eigenvalue weighted by atomic mass is 16.5. The summed E-state index contributed by atoms with van der Waals surface area (Å²) in [6.45, 7) is 0. The minimum absolute atomic E-state index is 0.253. The van der Waals surface area contributed by atoms with Gasteiger partial charge in [0.15, 0.2) is 0 Å². The fraction of sp³-hybridized carbons (Fsp3) is 0.250. The molecule has 0 atom stereocenters. The molecule has 6 heteroatoms. The Morgan fingerprint density at radius 1 is 1.00 bits per heavy atom. The van der Waals surface area contributed by atoms with Crippen LogP contribution in [0.25, 0.3) is 0 Å². The Balaban J connectivity index is 1.80. The number of esters is 1. The van der Waals surface area contributed by atoms with Gasteiger partial charge in [-0.05, 0) is 37.1 Å². The lowest BCUT2D eigenvalue weighted by atomic mass is 10.0. The number of nitrogens with one attached hydrogen (secondary N) is 1. The van der Waals surface area contributed by atoms with Crippen molar-refractivity contribution in [2.45, 2.75) is 12.8 Å². The molecule has 0 spiro atoms. The van der Waals surface area contributed by atoms with Gasteiger partial charge in [0.1, 0.15) is 5.41 Å². The van der Waals surface area contributed by atoms with Crippen molar-refractivity contribution >= 4 is 29.2 Å². The summed E-state index contributed by atoms with van der Waals surface area (Å²) < 4.78 is 4.74. The molecule has 0 radical (unpaired) electrons. The summed E-state index contributed by atoms with van der Waals surface area (Å²) in [6.07, 6.45) is 0.963. The summed E-state index contributed by atoms with van der Waals surface area (Å²) >= 11 is 0. The van der Waals surface area contributed by atoms with Gasteiger partial charge in [0, 0.05) is 12.7 Å². The minimum atomic E-state index is -1.09. The number of carbonyl (C=O) groups is 3. The summed E-state index contributed by atoms with van der Waals surface area (Å²) in [5, 5.41) is 2.73. The highest BCUT2D eigenvalue weighted by molar-refractivity contribution is 6.18. The van der Waals surface area contributed by atoms with Crippen LogP contribution in [0.15, 0.2) is 54.6 Å². The van der Waals surface area contributed by atoms with E-state index in [0.29, 0.717) is 18.5 Å². The quantitative estimate of drug-likeness (QED) is 0.663. The predicted molar refractivity (Wildman–Crippen MR) is 97.9 cm³/mol. The molecule has 1 aliphatic carbocycles. The van der Waals surface area contributed by atoms with Gasteiger partial charge in [-0.15, -0.1) is 0 Å². The maximum atomic E-state index is 12.9. The van der Waals surface area contributed by atoms with Crippen molar-refractivity contribution in [3.63, 3.8) is 0 Å². The van der Waals surface area contributed by atoms with Crippen molar-refractivity contribution in [1.29, 1.82) is 0 Å². The number of methoxy groups -OCH3 is 1. The zero-order valence-electron chi connectivity index (χ0n) is 14.7. The van der Waals surface area contributed by atoms with Crippen molar-refractivity contribution in [3.8, 4) is 0 Å². The van der Waals surface area contributed by atoms with Crippen LogP contribution in [-0.2, 0) is 14.3 Å². The number of para-hydroxylation sites is 2. The number of anilines is 2. The Morgan fingerprint density at radius 2 is 1.62 bits per heavy atom. The zero-order valence-corrected chi connectivity index (χ0v) is 14.7. The molecule has 1 fully saturated rings. The maximum absolute atomic E-state index is 12.9. The van der Waals surface area contributed by atoms with Crippen LogP contribution in [-0.4, -0.2) is 31.9 Å². The molecule has 1 saturated carbocycles. The number of nitrogens with zero attached hydrogens (tertiary/aromatic N) is 1. The van der Waals surface area contributed by atoms with Crippen LogP contribution in [0.5, 0.6) is 0 Å². The molecule has 2 amide bonds. The average molecular weight is 352 g/mol. The molecule has 0 unspecified atom stereocenters. The average Bonchev–Trinajstić information content (AvgIpc) is 3.49. The van der Waals surface area contributed by atoms with Gasteiger partial charge in [-0.25, -0.2) is 4.79 Å². The van der Waals surface area contributed by atoms with E-state index < -0.39 is 17.3 Å². The first-order chi connectivity index (χ1) is 12.5. The molecule has 2 aromatic rings. The Kier molecular flexibility index (Phi) is 4.75. The number of benzene rings is 2. The van der Waals surface area contributed by atoms with E-state index in [0.717, 1.165) is 5.69 Å². The monoisotopic (exact) mass is 352 g/mol. The lowest BCUT2D eigenvalue weighted by molar-refractivity contribution is -0.132. The van der Waals surface area contributed by atoms with Gasteiger partial charge in [-0.1, -0.05) is 30.3 Å². The molecule has 0 heterocycles. The summed E-state index contributed by atoms with van der Waals surface area (Å²) in [7, 11) is 2.94. The second-order valence-electron chi connectivity index (χ2n) is 6.27. The highest BCUT2D eigenvalue weighted by Crippen LogP contribution is 2.48. The summed E-state index contributed by atoms with van der Waals surface area (Å²) in [6, 6.07) is 15.8. The molecule has 0 aromatic heterocycles. The molecular formula is C20H20N2O4. The maximum Gasteiger partial charge on any atom is 0.339 e. The van der Waals surface area contributed by atoms with Crippen molar-refractivity contribution < 1.29 is 19.1 Å². The van der Waals surface area contributed by atoms with Gasteiger partial charge >= 0.3 is 5.97 Å². The van der Waals surface area contributed by atoms with E-state index in [2.05, 4.69) is 5.32 Å². The van der Waals surface area contributed by atoms with Gasteiger partial charge < -0.3 is 15.0 Å². The van der Waals surface area contributed by atoms with Crippen molar-refractivity contribution in [1.82, 2.24) is 0 Å². The van der Waals surface area contributed by atoms with E-state index in [1.54, 1.807) is 31.3 Å². The van der Waals surface area contributed by atoms with Crippen LogP contribution in [0, 0.1) is 5.41 Å². The summed E-state index contributed by atoms with van der Waals surface area (Å²) in [5.41, 5.74) is 0.230. The molecule has 1 N–H and O–H groups in total. The van der Waals surface area contributed by atoms with Crippen molar-refractivity contribution in [2.75, 3.05) is 24.4 Å². The number of ether oxygens (including phenoxy) is 1. The molecule has 0 saturated heterocycles. The molecule has 134 valence electrons. The van der Waals surface area contributed by atoms with E-state index in [4.69, 9.17) is 4.74 Å². The van der Waals surface area contributed by atoms with Crippen LogP contribution in [0.3, 0.4) is 0 Å². The molecule has 26 heavy (non-hydrogen) atoms. The second-order valence-corrected chi connectivity index (χ2v) is 6.27. The molecule has 1 aliphatic rings. The fourth-order valence-corrected chi connectivity index (χ4v) is 2.87. The third-order valence-corrected chi connectivity index (χ3v) is 4.62. The SMILES string of the molecule is COC(=O)c1ccccc1NC(=O)C1(C(=O)N(C)c2ccccc2)CC1. The normalized spacial score (nSPS) is 14.2. The number of hydrogen-bond donors (Lipinski definition) is 1. The van der Waals surface area contributed by atoms with E-state index >= 15 is 0 Å². The molecule has 3 rings (SSSR count). The number of hydrogen-bond acceptors (Lipinski definition) is 4. The first kappa shape index (κ1) is 17.7. The first-order valence-electron chi connectivity index (χ1n) is 8.31. The molecule has 0 aliphatic heterocycles. The Hall–Kier alpha value is -3.15. The van der Waals surface area contributed by atoms with E-state index in [1.807, 2.05) is 30.3 Å². The van der Waals surface area contributed by atoms with Crippen LogP contribution in [0.1, 0.15) is 23.2 Å². The Labute approximate surface area is 151 Å². The third-order valence-electron chi connectivity index (χ3n) is 4.62. The van der Waals surface area contributed by atoms with Crippen LogP contribution < -0.4 is 10.2 Å². The fourth-order valence-electron chi connectivity index (χ4n) is 2.87. The summed E-state index contributed by atoms with van der Waals surface area (Å²) in [4.78, 5) is 39.1. The van der Waals surface area contributed by atoms with E-state index in [9.17, 15) is 14.4 Å². The Morgan fingerprint density at radius 3 is 2.23 bits per heavy atom. The van der Waals surface area contributed by atoms with Gasteiger partial charge in [0.2, 0.25) is 11.8 Å². The number of carbonyl (C=O) groups excluding carboxylic acids is 3. The Bertz CT molecular complexity index is 844. The topological polar surface area (TPSA) is 75.7 Å². The highest BCUT2D eigenvalue weighted by Gasteiger charge is 2.57. The molecule has 0 bridgehead atoms. The zero-order chi connectivity index (χ0) is 18.7. The molecule has 6 nitrogen and oxygen atoms in total. The van der Waals surface area contributed by atoms with Crippen LogP contribution >= 0.6 is 0 Å². The van der Waals surface area contributed by atoms with Crippen LogP contribution in [0.2, 0.25) is 0 Å². The number of rotatable bonds is 5. The lowest BCUT2D eigenvalue weighted by Crippen LogP contribution is -2.41. The second kappa shape index (κ2) is 7.00. The van der Waals surface area contributed by atoms with Crippen molar-refractivity contribution in [3.05, 3.63) is 60.2 Å². The largest absolute Gasteiger partial charge is 0.465 e. The smallest absolute Gasteiger partial charge is 0.339 e.